The SMILES string of the molecule is CCC(=O)N1CCN(C(=O)[C@@H](NC(=O)c2cccc(C)c2)S(=O)(=O)c2ccccc2)CC1. The summed E-state index contributed by atoms with van der Waals surface area (Å²) in [5.74, 6) is -1.37. The molecule has 2 aromatic rings. The van der Waals surface area contributed by atoms with Crippen molar-refractivity contribution < 1.29 is 22.8 Å². The molecule has 3 rings (SSSR count). The molecule has 8 nitrogen and oxygen atoms in total. The standard InChI is InChI=1S/C23H27N3O5S/c1-3-20(27)25-12-14-26(15-13-25)23(29)22(32(30,31)19-10-5-4-6-11-19)24-21(28)18-9-7-8-17(2)16-18/h4-11,16,22H,3,12-15H2,1-2H3,(H,24,28)/t22-/m0/s1. The minimum Gasteiger partial charge on any atom is -0.339 e. The molecule has 0 spiro atoms. The third-order valence-corrected chi connectivity index (χ3v) is 7.26. The van der Waals surface area contributed by atoms with E-state index in [0.717, 1.165) is 5.56 Å². The number of nitrogens with one attached hydrogen (secondary N) is 1. The van der Waals surface area contributed by atoms with Crippen molar-refractivity contribution in [3.05, 3.63) is 65.7 Å². The molecule has 0 radical (unpaired) electrons. The second-order valence-electron chi connectivity index (χ2n) is 7.64. The fraction of sp³-hybridized carbons (Fsp3) is 0.348. The lowest BCUT2D eigenvalue weighted by molar-refractivity contribution is -0.139. The van der Waals surface area contributed by atoms with Crippen LogP contribution < -0.4 is 5.32 Å². The summed E-state index contributed by atoms with van der Waals surface area (Å²) >= 11 is 0. The highest BCUT2D eigenvalue weighted by Gasteiger charge is 2.39. The third kappa shape index (κ3) is 5.16. The van der Waals surface area contributed by atoms with E-state index in [-0.39, 0.29) is 29.5 Å². The van der Waals surface area contributed by atoms with Crippen LogP contribution in [-0.2, 0) is 19.4 Å². The molecule has 1 saturated heterocycles. The molecule has 1 fully saturated rings. The Morgan fingerprint density at radius 1 is 0.938 bits per heavy atom. The van der Waals surface area contributed by atoms with E-state index in [1.54, 1.807) is 48.2 Å². The summed E-state index contributed by atoms with van der Waals surface area (Å²) in [6.45, 7) is 4.63. The van der Waals surface area contributed by atoms with Crippen LogP contribution in [0.15, 0.2) is 59.5 Å². The second kappa shape index (κ2) is 9.95. The third-order valence-electron chi connectivity index (χ3n) is 5.40. The van der Waals surface area contributed by atoms with Gasteiger partial charge in [0, 0.05) is 38.2 Å². The van der Waals surface area contributed by atoms with Gasteiger partial charge in [0.15, 0.2) is 0 Å². The zero-order chi connectivity index (χ0) is 23.3. The first-order valence-electron chi connectivity index (χ1n) is 10.5. The van der Waals surface area contributed by atoms with Crippen LogP contribution in [0.3, 0.4) is 0 Å². The average Bonchev–Trinajstić information content (AvgIpc) is 2.82. The van der Waals surface area contributed by atoms with Crippen LogP contribution in [0.4, 0.5) is 0 Å². The van der Waals surface area contributed by atoms with E-state index in [1.807, 2.05) is 13.0 Å². The number of aryl methyl sites for hydroxylation is 1. The van der Waals surface area contributed by atoms with Crippen LogP contribution in [-0.4, -0.2) is 67.5 Å². The number of piperazine rings is 1. The molecule has 170 valence electrons. The number of carbonyl (C=O) groups excluding carboxylic acids is 3. The van der Waals surface area contributed by atoms with Gasteiger partial charge in [0.05, 0.1) is 4.90 Å². The van der Waals surface area contributed by atoms with Crippen LogP contribution in [0.2, 0.25) is 0 Å². The van der Waals surface area contributed by atoms with Gasteiger partial charge in [-0.05, 0) is 31.2 Å². The number of nitrogens with zero attached hydrogens (tertiary/aromatic N) is 2. The van der Waals surface area contributed by atoms with E-state index in [9.17, 15) is 22.8 Å². The zero-order valence-electron chi connectivity index (χ0n) is 18.2. The molecule has 0 aliphatic carbocycles. The highest BCUT2D eigenvalue weighted by Crippen LogP contribution is 2.18. The zero-order valence-corrected chi connectivity index (χ0v) is 19.0. The molecule has 1 aliphatic rings. The number of hydrogen-bond acceptors (Lipinski definition) is 5. The van der Waals surface area contributed by atoms with Gasteiger partial charge < -0.3 is 15.1 Å². The van der Waals surface area contributed by atoms with Crippen LogP contribution in [0.25, 0.3) is 0 Å². The fourth-order valence-electron chi connectivity index (χ4n) is 3.57. The minimum absolute atomic E-state index is 0.0155. The molecule has 0 aromatic heterocycles. The fourth-order valence-corrected chi connectivity index (χ4v) is 5.06. The van der Waals surface area contributed by atoms with E-state index in [0.29, 0.717) is 19.5 Å². The van der Waals surface area contributed by atoms with Crippen LogP contribution >= 0.6 is 0 Å². The van der Waals surface area contributed by atoms with Crippen LogP contribution in [0.1, 0.15) is 29.3 Å². The van der Waals surface area contributed by atoms with Crippen molar-refractivity contribution in [1.82, 2.24) is 15.1 Å². The Balaban J connectivity index is 1.88. The maximum absolute atomic E-state index is 13.3. The number of hydrogen-bond donors (Lipinski definition) is 1. The number of benzene rings is 2. The van der Waals surface area contributed by atoms with Crippen molar-refractivity contribution in [2.45, 2.75) is 30.5 Å². The molecule has 3 amide bonds. The Kier molecular flexibility index (Phi) is 7.29. The largest absolute Gasteiger partial charge is 0.339 e. The smallest absolute Gasteiger partial charge is 0.261 e. The topological polar surface area (TPSA) is 104 Å². The molecular weight excluding hydrogens is 430 g/mol. The minimum atomic E-state index is -4.20. The van der Waals surface area contributed by atoms with E-state index in [4.69, 9.17) is 0 Å². The van der Waals surface area contributed by atoms with Crippen LogP contribution in [0.5, 0.6) is 0 Å². The lowest BCUT2D eigenvalue weighted by Crippen LogP contribution is -2.57. The highest BCUT2D eigenvalue weighted by molar-refractivity contribution is 7.92. The molecule has 1 aliphatic heterocycles. The molecule has 0 bridgehead atoms. The van der Waals surface area contributed by atoms with Gasteiger partial charge >= 0.3 is 0 Å². The van der Waals surface area contributed by atoms with E-state index < -0.39 is 27.0 Å². The molecule has 0 saturated carbocycles. The molecule has 1 atom stereocenters. The number of rotatable bonds is 6. The lowest BCUT2D eigenvalue weighted by Gasteiger charge is -2.36. The van der Waals surface area contributed by atoms with Crippen molar-refractivity contribution in [3.8, 4) is 0 Å². The van der Waals surface area contributed by atoms with E-state index in [1.165, 1.54) is 17.0 Å². The van der Waals surface area contributed by atoms with Crippen LogP contribution in [0, 0.1) is 6.92 Å². The number of sulfone groups is 1. The summed E-state index contributed by atoms with van der Waals surface area (Å²) in [7, 11) is -4.20. The average molecular weight is 458 g/mol. The van der Waals surface area contributed by atoms with E-state index in [2.05, 4.69) is 5.32 Å². The van der Waals surface area contributed by atoms with Gasteiger partial charge in [-0.1, -0.05) is 42.8 Å². The summed E-state index contributed by atoms with van der Waals surface area (Å²) in [4.78, 5) is 41.1. The molecule has 0 unspecified atom stereocenters. The summed E-state index contributed by atoms with van der Waals surface area (Å²) in [5, 5.41) is 0.671. The Morgan fingerprint density at radius 2 is 1.56 bits per heavy atom. The predicted octanol–water partition coefficient (Wildman–Crippen LogP) is 1.61. The van der Waals surface area contributed by atoms with Gasteiger partial charge in [0.1, 0.15) is 0 Å². The Bertz CT molecular complexity index is 1090. The molecule has 1 heterocycles. The second-order valence-corrected chi connectivity index (χ2v) is 9.67. The molecular formula is C23H27N3O5S. The Labute approximate surface area is 188 Å². The highest BCUT2D eigenvalue weighted by atomic mass is 32.2. The lowest BCUT2D eigenvalue weighted by atomic mass is 10.1. The predicted molar refractivity (Wildman–Crippen MR) is 120 cm³/mol. The maximum Gasteiger partial charge on any atom is 0.261 e. The summed E-state index contributed by atoms with van der Waals surface area (Å²) in [6, 6.07) is 14.3. The summed E-state index contributed by atoms with van der Waals surface area (Å²) in [5.41, 5.74) is 1.10. The summed E-state index contributed by atoms with van der Waals surface area (Å²) in [6.07, 6.45) is 0.367. The van der Waals surface area contributed by atoms with Gasteiger partial charge in [-0.3, -0.25) is 14.4 Å². The summed E-state index contributed by atoms with van der Waals surface area (Å²) < 4.78 is 26.7. The first-order chi connectivity index (χ1) is 15.2. The Morgan fingerprint density at radius 3 is 2.16 bits per heavy atom. The number of carbonyl (C=O) groups is 3. The maximum atomic E-state index is 13.3. The van der Waals surface area contributed by atoms with Crippen molar-refractivity contribution in [1.29, 1.82) is 0 Å². The van der Waals surface area contributed by atoms with Gasteiger partial charge in [0.25, 0.3) is 11.8 Å². The van der Waals surface area contributed by atoms with Crippen molar-refractivity contribution in [3.63, 3.8) is 0 Å². The first-order valence-corrected chi connectivity index (χ1v) is 12.0. The quantitative estimate of drug-likeness (QED) is 0.710. The first kappa shape index (κ1) is 23.5. The van der Waals surface area contributed by atoms with Crippen molar-refractivity contribution in [2.24, 2.45) is 0 Å². The molecule has 9 heteroatoms. The van der Waals surface area contributed by atoms with Gasteiger partial charge in [-0.2, -0.15) is 0 Å². The molecule has 32 heavy (non-hydrogen) atoms. The molecule has 2 aromatic carbocycles. The van der Waals surface area contributed by atoms with Gasteiger partial charge in [0.2, 0.25) is 21.1 Å². The number of amides is 3. The van der Waals surface area contributed by atoms with Gasteiger partial charge in [-0.15, -0.1) is 0 Å². The van der Waals surface area contributed by atoms with Crippen molar-refractivity contribution >= 4 is 27.6 Å². The monoisotopic (exact) mass is 457 g/mol. The van der Waals surface area contributed by atoms with E-state index >= 15 is 0 Å². The Hall–Kier alpha value is -3.20. The molecule has 1 N–H and O–H groups in total. The normalized spacial score (nSPS) is 15.2. The van der Waals surface area contributed by atoms with Gasteiger partial charge in [-0.25, -0.2) is 8.42 Å². The van der Waals surface area contributed by atoms with Crippen molar-refractivity contribution in [2.75, 3.05) is 26.2 Å².